The number of aryl methyl sites for hydroxylation is 1. The van der Waals surface area contributed by atoms with Gasteiger partial charge in [0.05, 0.1) is 16.3 Å². The zero-order valence-corrected chi connectivity index (χ0v) is 12.2. The van der Waals surface area contributed by atoms with Crippen LogP contribution >= 0.6 is 22.9 Å². The first-order chi connectivity index (χ1) is 9.63. The van der Waals surface area contributed by atoms with E-state index in [-0.39, 0.29) is 11.9 Å². The molecule has 0 spiro atoms. The molecule has 20 heavy (non-hydrogen) atoms. The lowest BCUT2D eigenvalue weighted by Gasteiger charge is -2.15. The second kappa shape index (κ2) is 5.47. The van der Waals surface area contributed by atoms with Gasteiger partial charge in [-0.2, -0.15) is 0 Å². The van der Waals surface area contributed by atoms with Gasteiger partial charge in [-0.05, 0) is 25.3 Å². The fourth-order valence-electron chi connectivity index (χ4n) is 2.18. The number of nitrogens with zero attached hydrogens (tertiary/aromatic N) is 2. The van der Waals surface area contributed by atoms with E-state index in [1.807, 2.05) is 0 Å². The summed E-state index contributed by atoms with van der Waals surface area (Å²) in [4.78, 5) is 21.6. The molecule has 1 atom stereocenters. The molecule has 104 valence electrons. The Bertz CT molecular complexity index is 658. The molecule has 2 heterocycles. The molecule has 0 radical (unpaired) electrons. The van der Waals surface area contributed by atoms with Gasteiger partial charge in [0.25, 0.3) is 5.91 Å². The van der Waals surface area contributed by atoms with Crippen LogP contribution in [0.15, 0.2) is 18.5 Å². The van der Waals surface area contributed by atoms with Crippen LogP contribution in [-0.2, 0) is 12.8 Å². The van der Waals surface area contributed by atoms with Crippen LogP contribution in [0, 0.1) is 0 Å². The molecule has 1 amide bonds. The highest BCUT2D eigenvalue weighted by Crippen LogP contribution is 2.29. The van der Waals surface area contributed by atoms with E-state index >= 15 is 0 Å². The van der Waals surface area contributed by atoms with Crippen LogP contribution in [0.4, 0.5) is 5.13 Å². The number of fused-ring (bicyclic) bond motifs is 1. The van der Waals surface area contributed by atoms with E-state index in [4.69, 9.17) is 17.3 Å². The molecule has 3 N–H and O–H groups in total. The molecule has 0 saturated carbocycles. The molecule has 5 nitrogen and oxygen atoms in total. The van der Waals surface area contributed by atoms with Gasteiger partial charge in [0.15, 0.2) is 5.13 Å². The molecule has 2 aromatic rings. The minimum Gasteiger partial charge on any atom is -0.327 e. The van der Waals surface area contributed by atoms with Crippen LogP contribution in [0.3, 0.4) is 0 Å². The summed E-state index contributed by atoms with van der Waals surface area (Å²) in [5.74, 6) is -0.271. The zero-order valence-electron chi connectivity index (χ0n) is 10.6. The van der Waals surface area contributed by atoms with E-state index in [1.165, 1.54) is 28.6 Å². The van der Waals surface area contributed by atoms with E-state index in [9.17, 15) is 4.79 Å². The van der Waals surface area contributed by atoms with E-state index in [0.29, 0.717) is 15.7 Å². The second-order valence-corrected chi connectivity index (χ2v) is 6.19. The second-order valence-electron chi connectivity index (χ2n) is 4.70. The average Bonchev–Trinajstić information content (AvgIpc) is 2.80. The Kier molecular flexibility index (Phi) is 3.69. The van der Waals surface area contributed by atoms with E-state index in [0.717, 1.165) is 25.0 Å². The molecule has 0 bridgehead atoms. The Morgan fingerprint density at radius 1 is 1.55 bits per heavy atom. The Hall–Kier alpha value is -1.50. The van der Waals surface area contributed by atoms with Gasteiger partial charge in [0.2, 0.25) is 0 Å². The predicted molar refractivity (Wildman–Crippen MR) is 79.3 cm³/mol. The number of carbonyl (C=O) groups excluding carboxylic acids is 1. The van der Waals surface area contributed by atoms with Crippen molar-refractivity contribution in [3.8, 4) is 0 Å². The number of nitrogens with one attached hydrogen (secondary N) is 1. The summed E-state index contributed by atoms with van der Waals surface area (Å²) in [5, 5.41) is 3.71. The minimum atomic E-state index is -0.271. The van der Waals surface area contributed by atoms with Gasteiger partial charge in [0, 0.05) is 23.3 Å². The lowest BCUT2D eigenvalue weighted by atomic mass is 9.99. The van der Waals surface area contributed by atoms with Crippen LogP contribution in [0.1, 0.15) is 27.3 Å². The molecule has 1 aliphatic carbocycles. The van der Waals surface area contributed by atoms with Crippen molar-refractivity contribution < 1.29 is 4.79 Å². The van der Waals surface area contributed by atoms with Crippen molar-refractivity contribution in [1.82, 2.24) is 9.97 Å². The highest BCUT2D eigenvalue weighted by Gasteiger charge is 2.21. The molecule has 3 rings (SSSR count). The number of hydrogen-bond donors (Lipinski definition) is 2. The van der Waals surface area contributed by atoms with Gasteiger partial charge < -0.3 is 5.73 Å². The van der Waals surface area contributed by atoms with E-state index in [1.54, 1.807) is 6.07 Å². The SMILES string of the molecule is N[C@H]1CCc2nc(NC(=O)c3ccncc3Cl)sc2C1. The van der Waals surface area contributed by atoms with Crippen molar-refractivity contribution in [2.75, 3.05) is 5.32 Å². The third kappa shape index (κ3) is 2.67. The molecular formula is C13H13ClN4OS. The fourth-order valence-corrected chi connectivity index (χ4v) is 3.48. The number of halogens is 1. The van der Waals surface area contributed by atoms with Crippen molar-refractivity contribution in [2.45, 2.75) is 25.3 Å². The highest BCUT2D eigenvalue weighted by molar-refractivity contribution is 7.15. The number of hydrogen-bond acceptors (Lipinski definition) is 5. The van der Waals surface area contributed by atoms with E-state index in [2.05, 4.69) is 15.3 Å². The van der Waals surface area contributed by atoms with Crippen molar-refractivity contribution >= 4 is 34.0 Å². The molecule has 0 saturated heterocycles. The van der Waals surface area contributed by atoms with Crippen LogP contribution in [0.5, 0.6) is 0 Å². The first-order valence-electron chi connectivity index (χ1n) is 6.28. The molecule has 2 aromatic heterocycles. The third-order valence-corrected chi connectivity index (χ3v) is 4.55. The predicted octanol–water partition coefficient (Wildman–Crippen LogP) is 2.26. The molecule has 0 unspecified atom stereocenters. The van der Waals surface area contributed by atoms with Crippen molar-refractivity contribution in [3.05, 3.63) is 39.6 Å². The Balaban J connectivity index is 1.79. The summed E-state index contributed by atoms with van der Waals surface area (Å²) >= 11 is 7.43. The third-order valence-electron chi connectivity index (χ3n) is 3.22. The molecular weight excluding hydrogens is 296 g/mol. The molecule has 0 aromatic carbocycles. The summed E-state index contributed by atoms with van der Waals surface area (Å²) in [6, 6.07) is 1.78. The van der Waals surface area contributed by atoms with Gasteiger partial charge in [-0.1, -0.05) is 11.6 Å². The number of amides is 1. The highest BCUT2D eigenvalue weighted by atomic mass is 35.5. The molecule has 1 aliphatic rings. The fraction of sp³-hybridized carbons (Fsp3) is 0.308. The van der Waals surface area contributed by atoms with Gasteiger partial charge in [-0.15, -0.1) is 11.3 Å². The van der Waals surface area contributed by atoms with Gasteiger partial charge in [0.1, 0.15) is 0 Å². The average molecular weight is 309 g/mol. The van der Waals surface area contributed by atoms with Crippen molar-refractivity contribution in [1.29, 1.82) is 0 Å². The van der Waals surface area contributed by atoms with E-state index < -0.39 is 0 Å². The van der Waals surface area contributed by atoms with Crippen LogP contribution < -0.4 is 11.1 Å². The van der Waals surface area contributed by atoms with Crippen LogP contribution in [0.25, 0.3) is 0 Å². The molecule has 7 heteroatoms. The molecule has 0 fully saturated rings. The number of pyridine rings is 1. The van der Waals surface area contributed by atoms with Crippen molar-refractivity contribution in [3.63, 3.8) is 0 Å². The summed E-state index contributed by atoms with van der Waals surface area (Å²) in [6.45, 7) is 0. The quantitative estimate of drug-likeness (QED) is 0.891. The topological polar surface area (TPSA) is 80.9 Å². The smallest absolute Gasteiger partial charge is 0.259 e. The Morgan fingerprint density at radius 2 is 2.40 bits per heavy atom. The maximum atomic E-state index is 12.1. The number of rotatable bonds is 2. The number of anilines is 1. The lowest BCUT2D eigenvalue weighted by molar-refractivity contribution is 0.102. The van der Waals surface area contributed by atoms with Crippen LogP contribution in [-0.4, -0.2) is 21.9 Å². The summed E-state index contributed by atoms with van der Waals surface area (Å²) < 4.78 is 0. The Labute approximate surface area is 125 Å². The number of nitrogens with two attached hydrogens (primary N) is 1. The minimum absolute atomic E-state index is 0.196. The number of aromatic nitrogens is 2. The maximum absolute atomic E-state index is 12.1. The largest absolute Gasteiger partial charge is 0.327 e. The first-order valence-corrected chi connectivity index (χ1v) is 7.48. The Morgan fingerprint density at radius 3 is 3.20 bits per heavy atom. The standard InChI is InChI=1S/C13H13ClN4OS/c14-9-6-16-4-3-8(9)12(19)18-13-17-10-2-1-7(15)5-11(10)20-13/h3-4,6-7H,1-2,5,15H2,(H,17,18,19)/t7-/m0/s1. The summed E-state index contributed by atoms with van der Waals surface area (Å²) in [7, 11) is 0. The summed E-state index contributed by atoms with van der Waals surface area (Å²) in [5.41, 5.74) is 7.38. The van der Waals surface area contributed by atoms with Gasteiger partial charge in [-0.25, -0.2) is 4.98 Å². The zero-order chi connectivity index (χ0) is 14.1. The normalized spacial score (nSPS) is 17.6. The van der Waals surface area contributed by atoms with Crippen molar-refractivity contribution in [2.24, 2.45) is 5.73 Å². The summed E-state index contributed by atoms with van der Waals surface area (Å²) in [6.07, 6.45) is 5.63. The van der Waals surface area contributed by atoms with Gasteiger partial charge in [-0.3, -0.25) is 15.1 Å². The van der Waals surface area contributed by atoms with Crippen LogP contribution in [0.2, 0.25) is 5.02 Å². The lowest BCUT2D eigenvalue weighted by Crippen LogP contribution is -2.27. The number of thiazole rings is 1. The monoisotopic (exact) mass is 308 g/mol. The molecule has 0 aliphatic heterocycles. The maximum Gasteiger partial charge on any atom is 0.259 e. The number of carbonyl (C=O) groups is 1. The first kappa shape index (κ1) is 13.5. The van der Waals surface area contributed by atoms with Gasteiger partial charge >= 0.3 is 0 Å².